The van der Waals surface area contributed by atoms with Gasteiger partial charge in [-0.2, -0.15) is 0 Å². The minimum absolute atomic E-state index is 0.00569. The van der Waals surface area contributed by atoms with E-state index in [0.29, 0.717) is 0 Å². The highest BCUT2D eigenvalue weighted by molar-refractivity contribution is 7.93. The van der Waals surface area contributed by atoms with E-state index in [4.69, 9.17) is 4.52 Å². The van der Waals surface area contributed by atoms with Crippen LogP contribution in [0.25, 0.3) is 0 Å². The molecule has 0 saturated heterocycles. The number of anilines is 1. The van der Waals surface area contributed by atoms with E-state index in [1.165, 1.54) is 36.7 Å². The number of nitrogens with one attached hydrogen (secondary N) is 1. The Morgan fingerprint density at radius 1 is 1.04 bits per heavy atom. The first-order valence-corrected chi connectivity index (χ1v) is 11.0. The standard InChI is InChI=1S/C15H14N2O5S3/c1-10-15(11(2)22-16-10)25(20,21)17-13-8-23-9-14(13)24(18,19)12-6-4-3-5-7-12/h3-9,17H,1-2H3. The fourth-order valence-electron chi connectivity index (χ4n) is 2.35. The van der Waals surface area contributed by atoms with E-state index in [-0.39, 0.29) is 31.8 Å². The van der Waals surface area contributed by atoms with Crippen molar-refractivity contribution in [3.63, 3.8) is 0 Å². The second kappa shape index (κ2) is 6.28. The molecular formula is C15H14N2O5S3. The van der Waals surface area contributed by atoms with Crippen LogP contribution in [0.3, 0.4) is 0 Å². The first-order chi connectivity index (χ1) is 11.7. The van der Waals surface area contributed by atoms with E-state index in [1.54, 1.807) is 18.2 Å². The van der Waals surface area contributed by atoms with E-state index >= 15 is 0 Å². The highest BCUT2D eigenvalue weighted by Crippen LogP contribution is 2.33. The van der Waals surface area contributed by atoms with Crippen molar-refractivity contribution in [3.8, 4) is 0 Å². The second-order valence-corrected chi connectivity index (χ2v) is 9.51. The average molecular weight is 398 g/mol. The lowest BCUT2D eigenvalue weighted by molar-refractivity contribution is 0.390. The SMILES string of the molecule is Cc1noc(C)c1S(=O)(=O)Nc1cscc1S(=O)(=O)c1ccccc1. The summed E-state index contributed by atoms with van der Waals surface area (Å²) in [7, 11) is -7.87. The Balaban J connectivity index is 2.04. The molecule has 0 unspecified atom stereocenters. The predicted octanol–water partition coefficient (Wildman–Crippen LogP) is 2.99. The quantitative estimate of drug-likeness (QED) is 0.708. The van der Waals surface area contributed by atoms with E-state index in [0.717, 1.165) is 11.3 Å². The summed E-state index contributed by atoms with van der Waals surface area (Å²) in [6, 6.07) is 7.83. The summed E-state index contributed by atoms with van der Waals surface area (Å²) in [6.45, 7) is 2.98. The van der Waals surface area contributed by atoms with Crippen molar-refractivity contribution in [1.29, 1.82) is 0 Å². The Kier molecular flexibility index (Phi) is 4.43. The van der Waals surface area contributed by atoms with Crippen molar-refractivity contribution in [2.45, 2.75) is 28.5 Å². The molecule has 3 aromatic rings. The molecule has 7 nitrogen and oxygen atoms in total. The van der Waals surface area contributed by atoms with Gasteiger partial charge in [0.15, 0.2) is 10.7 Å². The fourth-order valence-corrected chi connectivity index (χ4v) is 6.45. The van der Waals surface area contributed by atoms with Gasteiger partial charge in [-0.25, -0.2) is 16.8 Å². The van der Waals surface area contributed by atoms with Gasteiger partial charge in [0, 0.05) is 10.8 Å². The van der Waals surface area contributed by atoms with Gasteiger partial charge in [0.05, 0.1) is 10.6 Å². The maximum atomic E-state index is 12.8. The van der Waals surface area contributed by atoms with Crippen molar-refractivity contribution >= 4 is 36.9 Å². The molecule has 0 atom stereocenters. The number of sulfonamides is 1. The third kappa shape index (κ3) is 3.20. The van der Waals surface area contributed by atoms with Crippen LogP contribution in [0.5, 0.6) is 0 Å². The Morgan fingerprint density at radius 3 is 2.32 bits per heavy atom. The van der Waals surface area contributed by atoms with Crippen LogP contribution in [0, 0.1) is 13.8 Å². The van der Waals surface area contributed by atoms with Crippen LogP contribution < -0.4 is 4.72 Å². The largest absolute Gasteiger partial charge is 0.360 e. The number of nitrogens with zero attached hydrogens (tertiary/aromatic N) is 1. The third-order valence-electron chi connectivity index (χ3n) is 3.45. The number of benzene rings is 1. The van der Waals surface area contributed by atoms with Crippen LogP contribution in [0.15, 0.2) is 60.3 Å². The lowest BCUT2D eigenvalue weighted by Gasteiger charge is -2.09. The summed E-state index contributed by atoms with van der Waals surface area (Å²) in [4.78, 5) is -0.105. The van der Waals surface area contributed by atoms with Gasteiger partial charge in [-0.3, -0.25) is 4.72 Å². The van der Waals surface area contributed by atoms with Crippen molar-refractivity contribution in [2.75, 3.05) is 4.72 Å². The van der Waals surface area contributed by atoms with Crippen LogP contribution in [-0.4, -0.2) is 22.0 Å². The van der Waals surface area contributed by atoms with Gasteiger partial charge in [-0.1, -0.05) is 23.4 Å². The first kappa shape index (κ1) is 17.6. The zero-order valence-corrected chi connectivity index (χ0v) is 15.7. The third-order valence-corrected chi connectivity index (χ3v) is 7.76. The first-order valence-electron chi connectivity index (χ1n) is 7.05. The minimum Gasteiger partial charge on any atom is -0.360 e. The molecule has 0 aliphatic heterocycles. The molecule has 0 bridgehead atoms. The van der Waals surface area contributed by atoms with Gasteiger partial charge >= 0.3 is 0 Å². The molecule has 2 heterocycles. The van der Waals surface area contributed by atoms with E-state index in [2.05, 4.69) is 9.88 Å². The molecule has 0 saturated carbocycles. The van der Waals surface area contributed by atoms with Crippen molar-refractivity contribution < 1.29 is 21.4 Å². The van der Waals surface area contributed by atoms with Crippen LogP contribution in [0.1, 0.15) is 11.5 Å². The minimum atomic E-state index is -4.03. The number of hydrogen-bond donors (Lipinski definition) is 1. The molecule has 0 fully saturated rings. The van der Waals surface area contributed by atoms with Crippen molar-refractivity contribution in [3.05, 3.63) is 52.5 Å². The molecule has 1 aromatic carbocycles. The van der Waals surface area contributed by atoms with Crippen LogP contribution in [0.4, 0.5) is 5.69 Å². The molecule has 132 valence electrons. The van der Waals surface area contributed by atoms with Gasteiger partial charge in [-0.05, 0) is 26.0 Å². The van der Waals surface area contributed by atoms with Gasteiger partial charge < -0.3 is 4.52 Å². The lowest BCUT2D eigenvalue weighted by Crippen LogP contribution is -2.16. The molecule has 25 heavy (non-hydrogen) atoms. The molecule has 0 spiro atoms. The number of hydrogen-bond acceptors (Lipinski definition) is 7. The molecule has 0 amide bonds. The summed E-state index contributed by atoms with van der Waals surface area (Å²) >= 11 is 1.09. The second-order valence-electron chi connectivity index (χ2n) is 5.22. The monoisotopic (exact) mass is 398 g/mol. The lowest BCUT2D eigenvalue weighted by atomic mass is 10.4. The molecule has 1 N–H and O–H groups in total. The highest BCUT2D eigenvalue weighted by Gasteiger charge is 2.28. The number of aryl methyl sites for hydroxylation is 2. The van der Waals surface area contributed by atoms with Gasteiger partial charge in [0.25, 0.3) is 10.0 Å². The summed E-state index contributed by atoms with van der Waals surface area (Å²) in [5, 5.41) is 6.45. The number of sulfone groups is 1. The van der Waals surface area contributed by atoms with E-state index in [9.17, 15) is 16.8 Å². The average Bonchev–Trinajstić information content (AvgIpc) is 3.15. The topological polar surface area (TPSA) is 106 Å². The van der Waals surface area contributed by atoms with Gasteiger partial charge in [0.1, 0.15) is 10.6 Å². The maximum absolute atomic E-state index is 12.8. The van der Waals surface area contributed by atoms with Crippen LogP contribution >= 0.6 is 11.3 Å². The van der Waals surface area contributed by atoms with Crippen LogP contribution in [-0.2, 0) is 19.9 Å². The maximum Gasteiger partial charge on any atom is 0.267 e. The smallest absolute Gasteiger partial charge is 0.267 e. The summed E-state index contributed by atoms with van der Waals surface area (Å²) in [5.74, 6) is 0.132. The number of rotatable bonds is 5. The molecule has 2 aromatic heterocycles. The Hall–Kier alpha value is -2.17. The Labute approximate surface area is 149 Å². The van der Waals surface area contributed by atoms with Crippen molar-refractivity contribution in [1.82, 2.24) is 5.16 Å². The number of thiophene rings is 1. The summed E-state index contributed by atoms with van der Waals surface area (Å²) in [5.41, 5.74) is 0.196. The van der Waals surface area contributed by atoms with Crippen molar-refractivity contribution in [2.24, 2.45) is 0 Å². The Morgan fingerprint density at radius 2 is 1.72 bits per heavy atom. The zero-order chi connectivity index (χ0) is 18.2. The molecule has 0 radical (unpaired) electrons. The summed E-state index contributed by atoms with van der Waals surface area (Å²) < 4.78 is 58.0. The fraction of sp³-hybridized carbons (Fsp3) is 0.133. The van der Waals surface area contributed by atoms with Crippen LogP contribution in [0.2, 0.25) is 0 Å². The predicted molar refractivity (Wildman–Crippen MR) is 93.0 cm³/mol. The normalized spacial score (nSPS) is 12.2. The van der Waals surface area contributed by atoms with Gasteiger partial charge in [-0.15, -0.1) is 11.3 Å². The molecule has 3 rings (SSSR count). The van der Waals surface area contributed by atoms with Gasteiger partial charge in [0.2, 0.25) is 9.84 Å². The zero-order valence-electron chi connectivity index (χ0n) is 13.3. The molecule has 10 heteroatoms. The van der Waals surface area contributed by atoms with E-state index in [1.807, 2.05) is 0 Å². The number of aromatic nitrogens is 1. The Bertz CT molecular complexity index is 1090. The molecular weight excluding hydrogens is 384 g/mol. The highest BCUT2D eigenvalue weighted by atomic mass is 32.2. The van der Waals surface area contributed by atoms with E-state index < -0.39 is 19.9 Å². The molecule has 0 aliphatic carbocycles. The summed E-state index contributed by atoms with van der Waals surface area (Å²) in [6.07, 6.45) is 0. The molecule has 0 aliphatic rings.